The molecule has 3 rings (SSSR count). The third-order valence-electron chi connectivity index (χ3n) is 6.79. The second-order valence-electron chi connectivity index (χ2n) is 11.4. The summed E-state index contributed by atoms with van der Waals surface area (Å²) >= 11 is 0. The highest BCUT2D eigenvalue weighted by Gasteiger charge is 2.33. The molecule has 1 fully saturated rings. The molecule has 4 N–H and O–H groups in total. The summed E-state index contributed by atoms with van der Waals surface area (Å²) in [4.78, 5) is 38.0. The quantitative estimate of drug-likeness (QED) is 0.321. The molecule has 0 saturated heterocycles. The van der Waals surface area contributed by atoms with Crippen molar-refractivity contribution in [2.24, 2.45) is 5.92 Å². The number of rotatable bonds is 9. The summed E-state index contributed by atoms with van der Waals surface area (Å²) < 4.78 is 71.3. The Hall–Kier alpha value is -3.65. The molecule has 236 valence electrons. The van der Waals surface area contributed by atoms with Gasteiger partial charge in [0.2, 0.25) is 5.91 Å². The number of carbonyl (C=O) groups is 3. The lowest BCUT2D eigenvalue weighted by Gasteiger charge is -2.32. The summed E-state index contributed by atoms with van der Waals surface area (Å²) in [7, 11) is -3.70. The summed E-state index contributed by atoms with van der Waals surface area (Å²) in [5.74, 6) is -2.30. The lowest BCUT2D eigenvalue weighted by Crippen LogP contribution is -2.47. The van der Waals surface area contributed by atoms with Gasteiger partial charge in [0.1, 0.15) is 5.60 Å². The topological polar surface area (TPSA) is 151 Å². The van der Waals surface area contributed by atoms with Gasteiger partial charge in [-0.3, -0.25) is 14.9 Å². The minimum Gasteiger partial charge on any atom is -0.444 e. The zero-order valence-electron chi connectivity index (χ0n) is 24.1. The van der Waals surface area contributed by atoms with Crippen molar-refractivity contribution in [1.29, 1.82) is 0 Å². The predicted molar refractivity (Wildman–Crippen MR) is 152 cm³/mol. The molecule has 2 aromatic carbocycles. The van der Waals surface area contributed by atoms with Crippen molar-refractivity contribution in [2.45, 2.75) is 75.8 Å². The van der Waals surface area contributed by atoms with Crippen molar-refractivity contribution in [3.63, 3.8) is 0 Å². The van der Waals surface area contributed by atoms with Gasteiger partial charge in [0.05, 0.1) is 40.6 Å². The molecule has 1 aliphatic carbocycles. The van der Waals surface area contributed by atoms with Gasteiger partial charge < -0.3 is 20.5 Å². The Morgan fingerprint density at radius 1 is 1.00 bits per heavy atom. The van der Waals surface area contributed by atoms with Crippen molar-refractivity contribution >= 4 is 33.4 Å². The third-order valence-corrected chi connectivity index (χ3v) is 8.65. The van der Waals surface area contributed by atoms with Gasteiger partial charge in [0, 0.05) is 6.04 Å². The van der Waals surface area contributed by atoms with Crippen molar-refractivity contribution < 1.29 is 45.8 Å². The van der Waals surface area contributed by atoms with E-state index in [1.54, 1.807) is 20.8 Å². The van der Waals surface area contributed by atoms with Crippen molar-refractivity contribution in [2.75, 3.05) is 17.6 Å². The third kappa shape index (κ3) is 9.95. The number of benzene rings is 2. The average Bonchev–Trinajstić information content (AvgIpc) is 2.91. The Balaban J connectivity index is 1.68. The van der Waals surface area contributed by atoms with Crippen LogP contribution in [0.25, 0.3) is 0 Å². The number of alkyl halides is 3. The van der Waals surface area contributed by atoms with Gasteiger partial charge in [-0.2, -0.15) is 13.2 Å². The van der Waals surface area contributed by atoms with Gasteiger partial charge in [0.25, 0.3) is 5.91 Å². The second-order valence-corrected chi connectivity index (χ2v) is 13.4. The van der Waals surface area contributed by atoms with Crippen LogP contribution < -0.4 is 16.0 Å². The maximum absolute atomic E-state index is 13.4. The summed E-state index contributed by atoms with van der Waals surface area (Å²) in [6.07, 6.45) is -3.16. The SMILES string of the molecule is CC(C)(C)OC(=O)Nc1ccc(C(F)(F)F)cc1C(=O)NCC(=O)N[C@H]1CCCC[C@@H]1CS(=O)(=O)c1ccc(CO)cc1. The zero-order chi connectivity index (χ0) is 32.0. The molecule has 0 aromatic heterocycles. The summed E-state index contributed by atoms with van der Waals surface area (Å²) in [6, 6.07) is 7.58. The number of carbonyl (C=O) groups excluding carboxylic acids is 3. The number of ether oxygens (including phenoxy) is 1. The minimum absolute atomic E-state index is 0.101. The molecule has 43 heavy (non-hydrogen) atoms. The van der Waals surface area contributed by atoms with Crippen LogP contribution in [-0.4, -0.2) is 55.4 Å². The number of hydrogen-bond donors (Lipinski definition) is 4. The average molecular weight is 628 g/mol. The molecular formula is C29H36F3N3O7S. The Morgan fingerprint density at radius 3 is 2.26 bits per heavy atom. The number of amides is 3. The standard InChI is InChI=1S/C29H36F3N3O7S/c1-28(2,3)42-27(39)35-24-13-10-20(29(30,31)32)14-22(24)26(38)33-15-25(37)34-23-7-5-4-6-19(23)17-43(40,41)21-11-8-18(16-36)9-12-21/h8-14,19,23,36H,4-7,15-17H2,1-3H3,(H,33,38)(H,34,37)(H,35,39)/t19-,23+/m1/s1. The van der Waals surface area contributed by atoms with E-state index in [2.05, 4.69) is 16.0 Å². The highest BCUT2D eigenvalue weighted by atomic mass is 32.2. The van der Waals surface area contributed by atoms with Crippen LogP contribution in [0.1, 0.15) is 67.9 Å². The van der Waals surface area contributed by atoms with E-state index >= 15 is 0 Å². The molecule has 0 aliphatic heterocycles. The fourth-order valence-electron chi connectivity index (χ4n) is 4.72. The molecule has 10 nitrogen and oxygen atoms in total. The second kappa shape index (κ2) is 13.8. The van der Waals surface area contributed by atoms with Crippen molar-refractivity contribution in [3.05, 3.63) is 59.2 Å². The molecule has 3 amide bonds. The largest absolute Gasteiger partial charge is 0.444 e. The van der Waals surface area contributed by atoms with E-state index in [1.165, 1.54) is 24.3 Å². The molecule has 0 unspecified atom stereocenters. The van der Waals surface area contributed by atoms with Gasteiger partial charge in [-0.15, -0.1) is 0 Å². The molecule has 2 aromatic rings. The number of hydrogen-bond acceptors (Lipinski definition) is 7. The van der Waals surface area contributed by atoms with Gasteiger partial charge in [-0.05, 0) is 75.4 Å². The van der Waals surface area contributed by atoms with Crippen LogP contribution in [0.5, 0.6) is 0 Å². The summed E-state index contributed by atoms with van der Waals surface area (Å²) in [5.41, 5.74) is -2.24. The fraction of sp³-hybridized carbons (Fsp3) is 0.483. The lowest BCUT2D eigenvalue weighted by atomic mass is 9.86. The molecule has 2 atom stereocenters. The van der Waals surface area contributed by atoms with Crippen LogP contribution in [-0.2, 0) is 32.2 Å². The van der Waals surface area contributed by atoms with Gasteiger partial charge in [0.15, 0.2) is 9.84 Å². The van der Waals surface area contributed by atoms with E-state index in [0.717, 1.165) is 18.9 Å². The predicted octanol–water partition coefficient (Wildman–Crippen LogP) is 4.42. The maximum atomic E-state index is 13.4. The molecule has 14 heteroatoms. The Bertz CT molecular complexity index is 1420. The Labute approximate surface area is 248 Å². The molecule has 0 radical (unpaired) electrons. The lowest BCUT2D eigenvalue weighted by molar-refractivity contribution is -0.137. The highest BCUT2D eigenvalue weighted by Crippen LogP contribution is 2.32. The van der Waals surface area contributed by atoms with E-state index < -0.39 is 69.2 Å². The number of aliphatic hydroxyl groups is 1. The van der Waals surface area contributed by atoms with E-state index in [4.69, 9.17) is 4.74 Å². The van der Waals surface area contributed by atoms with Crippen LogP contribution in [0, 0.1) is 5.92 Å². The molecule has 1 aliphatic rings. The first-order valence-corrected chi connectivity index (χ1v) is 15.3. The van der Waals surface area contributed by atoms with E-state index in [-0.39, 0.29) is 22.9 Å². The van der Waals surface area contributed by atoms with Crippen molar-refractivity contribution in [1.82, 2.24) is 10.6 Å². The number of anilines is 1. The number of sulfone groups is 1. The van der Waals surface area contributed by atoms with Gasteiger partial charge >= 0.3 is 12.3 Å². The molecule has 0 heterocycles. The first-order chi connectivity index (χ1) is 20.0. The van der Waals surface area contributed by atoms with E-state index in [1.807, 2.05) is 0 Å². The minimum atomic E-state index is -4.77. The fourth-order valence-corrected chi connectivity index (χ4v) is 6.43. The Kier molecular flexibility index (Phi) is 10.8. The van der Waals surface area contributed by atoms with Crippen LogP contribution >= 0.6 is 0 Å². The highest BCUT2D eigenvalue weighted by molar-refractivity contribution is 7.91. The van der Waals surface area contributed by atoms with Crippen LogP contribution in [0.4, 0.5) is 23.7 Å². The van der Waals surface area contributed by atoms with Crippen LogP contribution in [0.15, 0.2) is 47.4 Å². The first-order valence-electron chi connectivity index (χ1n) is 13.7. The van der Waals surface area contributed by atoms with E-state index in [9.17, 15) is 41.1 Å². The first kappa shape index (κ1) is 33.8. The number of halogens is 3. The normalized spacial score (nSPS) is 17.6. The summed E-state index contributed by atoms with van der Waals surface area (Å²) in [5, 5.41) is 16.5. The monoisotopic (exact) mass is 627 g/mol. The Morgan fingerprint density at radius 2 is 1.65 bits per heavy atom. The van der Waals surface area contributed by atoms with Crippen LogP contribution in [0.2, 0.25) is 0 Å². The van der Waals surface area contributed by atoms with Crippen molar-refractivity contribution in [3.8, 4) is 0 Å². The molecule has 0 spiro atoms. The van der Waals surface area contributed by atoms with Gasteiger partial charge in [-0.1, -0.05) is 25.0 Å². The summed E-state index contributed by atoms with van der Waals surface area (Å²) in [6.45, 7) is 3.95. The maximum Gasteiger partial charge on any atom is 0.416 e. The number of aliphatic hydroxyl groups excluding tert-OH is 1. The van der Waals surface area contributed by atoms with Crippen LogP contribution in [0.3, 0.4) is 0 Å². The zero-order valence-corrected chi connectivity index (χ0v) is 24.9. The van der Waals surface area contributed by atoms with E-state index in [0.29, 0.717) is 30.5 Å². The molecular weight excluding hydrogens is 591 g/mol. The molecule has 1 saturated carbocycles. The van der Waals surface area contributed by atoms with Gasteiger partial charge in [-0.25, -0.2) is 13.2 Å². The smallest absolute Gasteiger partial charge is 0.416 e. The molecule has 0 bridgehead atoms. The number of nitrogens with one attached hydrogen (secondary N) is 3.